The third-order valence-corrected chi connectivity index (χ3v) is 5.17. The Morgan fingerprint density at radius 1 is 0.762 bits per heavy atom. The number of benzene rings is 2. The van der Waals surface area contributed by atoms with Crippen molar-refractivity contribution in [3.63, 3.8) is 0 Å². The first-order chi connectivity index (χ1) is 10.3. The number of rotatable bonds is 2. The monoisotopic (exact) mass is 354 g/mol. The number of hydrogen-bond donors (Lipinski definition) is 0. The van der Waals surface area contributed by atoms with Gasteiger partial charge in [0.25, 0.3) is 0 Å². The zero-order valence-corrected chi connectivity index (χ0v) is 13.4. The summed E-state index contributed by atoms with van der Waals surface area (Å²) in [4.78, 5) is 2.48. The van der Waals surface area contributed by atoms with Gasteiger partial charge in [-0.15, -0.1) is 11.3 Å². The minimum atomic E-state index is 0.796. The lowest BCUT2D eigenvalue weighted by molar-refractivity contribution is 0.589. The van der Waals surface area contributed by atoms with Crippen molar-refractivity contribution in [3.05, 3.63) is 71.4 Å². The molecule has 2 aromatic carbocycles. The molecule has 0 atom stereocenters. The van der Waals surface area contributed by atoms with Crippen LogP contribution in [0.4, 0.5) is 0 Å². The maximum atomic E-state index is 5.79. The molecule has 0 spiro atoms. The highest BCUT2D eigenvalue weighted by molar-refractivity contribution is 9.10. The first-order valence-electron chi connectivity index (χ1n) is 6.65. The molecule has 0 saturated carbocycles. The Kier molecular flexibility index (Phi) is 3.17. The van der Waals surface area contributed by atoms with Gasteiger partial charge in [0.15, 0.2) is 4.67 Å². The second kappa shape index (κ2) is 5.17. The molecule has 0 amide bonds. The molecule has 0 fully saturated rings. The van der Waals surface area contributed by atoms with Crippen molar-refractivity contribution in [2.24, 2.45) is 0 Å². The van der Waals surface area contributed by atoms with Crippen LogP contribution in [0, 0.1) is 0 Å². The van der Waals surface area contributed by atoms with Crippen LogP contribution >= 0.6 is 27.3 Å². The second-order valence-corrected chi connectivity index (χ2v) is 6.58. The largest absolute Gasteiger partial charge is 0.449 e. The first-order valence-corrected chi connectivity index (χ1v) is 8.26. The highest BCUT2D eigenvalue weighted by Crippen LogP contribution is 2.43. The molecule has 0 N–H and O–H groups in total. The van der Waals surface area contributed by atoms with Crippen molar-refractivity contribution in [2.75, 3.05) is 0 Å². The Morgan fingerprint density at radius 3 is 2.33 bits per heavy atom. The van der Waals surface area contributed by atoms with Gasteiger partial charge in [0.05, 0.1) is 5.56 Å². The van der Waals surface area contributed by atoms with Gasteiger partial charge in [-0.25, -0.2) is 0 Å². The van der Waals surface area contributed by atoms with Crippen LogP contribution in [0.25, 0.3) is 31.9 Å². The molecule has 1 nitrogen and oxygen atoms in total. The molecular formula is C18H11BrOS. The summed E-state index contributed by atoms with van der Waals surface area (Å²) in [6.07, 6.45) is 0. The average Bonchev–Trinajstić information content (AvgIpc) is 3.11. The van der Waals surface area contributed by atoms with E-state index in [0.29, 0.717) is 0 Å². The van der Waals surface area contributed by atoms with Gasteiger partial charge in [0.1, 0.15) is 5.58 Å². The molecule has 0 saturated heterocycles. The summed E-state index contributed by atoms with van der Waals surface area (Å²) in [5, 5.41) is 1.14. The predicted octanol–water partition coefficient (Wildman–Crippen LogP) is 6.59. The molecule has 102 valence electrons. The molecule has 0 aliphatic carbocycles. The number of furan rings is 1. The summed E-state index contributed by atoms with van der Waals surface area (Å²) in [6, 6.07) is 22.9. The Hall–Kier alpha value is -1.84. The molecule has 0 radical (unpaired) electrons. The molecule has 4 aromatic rings. The van der Waals surface area contributed by atoms with Crippen LogP contribution in [0.15, 0.2) is 75.8 Å². The molecule has 3 heteroatoms. The lowest BCUT2D eigenvalue weighted by Gasteiger charge is -1.96. The molecule has 2 aromatic heterocycles. The summed E-state index contributed by atoms with van der Waals surface area (Å²) in [6.45, 7) is 0. The minimum Gasteiger partial charge on any atom is -0.449 e. The lowest BCUT2D eigenvalue weighted by Crippen LogP contribution is -1.70. The van der Waals surface area contributed by atoms with Crippen molar-refractivity contribution in [1.29, 1.82) is 0 Å². The first kappa shape index (κ1) is 12.9. The second-order valence-electron chi connectivity index (χ2n) is 4.78. The number of halogens is 1. The van der Waals surface area contributed by atoms with Crippen molar-refractivity contribution in [2.45, 2.75) is 0 Å². The highest BCUT2D eigenvalue weighted by atomic mass is 79.9. The quantitative estimate of drug-likeness (QED) is 0.395. The third-order valence-electron chi connectivity index (χ3n) is 3.46. The van der Waals surface area contributed by atoms with Gasteiger partial charge in [-0.3, -0.25) is 0 Å². The fourth-order valence-corrected chi connectivity index (χ4v) is 4.28. The number of para-hydroxylation sites is 1. The van der Waals surface area contributed by atoms with E-state index < -0.39 is 0 Å². The molecule has 0 aliphatic heterocycles. The van der Waals surface area contributed by atoms with Gasteiger partial charge in [0.2, 0.25) is 0 Å². The summed E-state index contributed by atoms with van der Waals surface area (Å²) in [5.41, 5.74) is 3.30. The van der Waals surface area contributed by atoms with Crippen LogP contribution in [0.2, 0.25) is 0 Å². The summed E-state index contributed by atoms with van der Waals surface area (Å²) < 4.78 is 6.59. The van der Waals surface area contributed by atoms with E-state index in [9.17, 15) is 0 Å². The SMILES string of the molecule is Brc1oc2ccccc2c1-c1ccc(-c2ccccc2)s1. The maximum absolute atomic E-state index is 5.79. The van der Waals surface area contributed by atoms with Crippen LogP contribution in [-0.2, 0) is 0 Å². The molecule has 21 heavy (non-hydrogen) atoms. The van der Waals surface area contributed by atoms with Crippen molar-refractivity contribution < 1.29 is 4.42 Å². The van der Waals surface area contributed by atoms with Crippen LogP contribution in [0.1, 0.15) is 0 Å². The Labute approximate surface area is 135 Å². The van der Waals surface area contributed by atoms with Gasteiger partial charge in [0, 0.05) is 15.1 Å². The summed E-state index contributed by atoms with van der Waals surface area (Å²) in [7, 11) is 0. The number of hydrogen-bond acceptors (Lipinski definition) is 2. The van der Waals surface area contributed by atoms with Crippen LogP contribution in [0.3, 0.4) is 0 Å². The Bertz CT molecular complexity index is 905. The van der Waals surface area contributed by atoms with Crippen LogP contribution < -0.4 is 0 Å². The van der Waals surface area contributed by atoms with Crippen molar-refractivity contribution >= 4 is 38.2 Å². The Balaban J connectivity index is 1.87. The summed E-state index contributed by atoms with van der Waals surface area (Å²) >= 11 is 5.33. The number of fused-ring (bicyclic) bond motifs is 1. The van der Waals surface area contributed by atoms with Gasteiger partial charge >= 0.3 is 0 Å². The molecule has 4 rings (SSSR count). The molecule has 0 unspecified atom stereocenters. The topological polar surface area (TPSA) is 13.1 Å². The van der Waals surface area contributed by atoms with E-state index in [4.69, 9.17) is 4.42 Å². The lowest BCUT2D eigenvalue weighted by atomic mass is 10.1. The Morgan fingerprint density at radius 2 is 1.48 bits per heavy atom. The van der Waals surface area contributed by atoms with E-state index in [2.05, 4.69) is 58.4 Å². The van der Waals surface area contributed by atoms with Crippen LogP contribution in [-0.4, -0.2) is 0 Å². The van der Waals surface area contributed by atoms with E-state index in [1.165, 1.54) is 15.3 Å². The average molecular weight is 355 g/mol. The normalized spacial score (nSPS) is 11.1. The van der Waals surface area contributed by atoms with Gasteiger partial charge in [-0.2, -0.15) is 0 Å². The molecule has 2 heterocycles. The minimum absolute atomic E-state index is 0.796. The molecule has 0 bridgehead atoms. The third kappa shape index (κ3) is 2.23. The fraction of sp³-hybridized carbons (Fsp3) is 0. The zero-order chi connectivity index (χ0) is 14.2. The van der Waals surface area contributed by atoms with Crippen molar-refractivity contribution in [3.8, 4) is 20.9 Å². The van der Waals surface area contributed by atoms with Gasteiger partial charge in [-0.05, 0) is 39.7 Å². The van der Waals surface area contributed by atoms with E-state index in [1.807, 2.05) is 24.3 Å². The predicted molar refractivity (Wildman–Crippen MR) is 92.7 cm³/mol. The van der Waals surface area contributed by atoms with E-state index in [-0.39, 0.29) is 0 Å². The highest BCUT2D eigenvalue weighted by Gasteiger charge is 2.15. The standard InChI is InChI=1S/C18H11BrOS/c19-18-17(13-8-4-5-9-14(13)20-18)16-11-10-15(21-16)12-6-2-1-3-7-12/h1-11H. The fourth-order valence-electron chi connectivity index (χ4n) is 2.48. The van der Waals surface area contributed by atoms with E-state index in [0.717, 1.165) is 21.2 Å². The van der Waals surface area contributed by atoms with Gasteiger partial charge < -0.3 is 4.42 Å². The number of thiophene rings is 1. The smallest absolute Gasteiger partial charge is 0.179 e. The zero-order valence-electron chi connectivity index (χ0n) is 11.0. The van der Waals surface area contributed by atoms with Crippen molar-refractivity contribution in [1.82, 2.24) is 0 Å². The maximum Gasteiger partial charge on any atom is 0.179 e. The van der Waals surface area contributed by atoms with Gasteiger partial charge in [-0.1, -0.05) is 48.5 Å². The summed E-state index contributed by atoms with van der Waals surface area (Å²) in [5.74, 6) is 0. The molecule has 0 aliphatic rings. The molecular weight excluding hydrogens is 344 g/mol. The van der Waals surface area contributed by atoms with E-state index in [1.54, 1.807) is 11.3 Å². The van der Waals surface area contributed by atoms with E-state index >= 15 is 0 Å². The van der Waals surface area contributed by atoms with Crippen LogP contribution in [0.5, 0.6) is 0 Å².